The summed E-state index contributed by atoms with van der Waals surface area (Å²) in [4.78, 5) is 32.6. The second-order valence-corrected chi connectivity index (χ2v) is 26.2. The molecule has 11 heterocycles. The predicted octanol–water partition coefficient (Wildman–Crippen LogP) is 15.3. The summed E-state index contributed by atoms with van der Waals surface area (Å²) in [7, 11) is 0. The Hall–Kier alpha value is -9.16. The summed E-state index contributed by atoms with van der Waals surface area (Å²) < 4.78 is 5.66. The SMILES string of the molecule is Cc1ccc(-c2cc3c4c(c2)N([CH-]N4)CCCc2cc4ccc2CCCN2[CH-]N5c6c(cc(-c7ccc(C)cc7)cc62)O[n+]2ccc([c-]c25)CCC(CCCc2c[c-]c[n+](c2)O3)CCc2[c-]c3[n+](cc2)Oc2cc(-c5ccc(C)cc5)cc5c2N3[CH-]N5CCC4)cc1.[Ir]. The zero-order valence-electron chi connectivity index (χ0n) is 52.9. The fraction of sp³-hybridized carbons (Fsp3) is 0.250. The Bertz CT molecular complexity index is 4500. The first-order valence-corrected chi connectivity index (χ1v) is 33.1. The molecule has 93 heavy (non-hydrogen) atoms. The van der Waals surface area contributed by atoms with Crippen molar-refractivity contribution in [1.82, 2.24) is 0 Å². The number of anilines is 8. The number of rotatable bonds is 3. The van der Waals surface area contributed by atoms with E-state index in [0.717, 1.165) is 188 Å². The van der Waals surface area contributed by atoms with E-state index in [1.165, 1.54) is 61.2 Å². The van der Waals surface area contributed by atoms with Gasteiger partial charge in [0.1, 0.15) is 12.4 Å². The van der Waals surface area contributed by atoms with Gasteiger partial charge in [-0.3, -0.25) is 9.68 Å². The molecule has 18 rings (SSSR count). The van der Waals surface area contributed by atoms with Gasteiger partial charge in [-0.2, -0.15) is 24.9 Å². The molecule has 0 spiro atoms. The van der Waals surface area contributed by atoms with Gasteiger partial charge in [-0.1, -0.05) is 163 Å². The first-order valence-electron chi connectivity index (χ1n) is 33.1. The minimum absolute atomic E-state index is 0. The molecule has 10 aromatic rings. The van der Waals surface area contributed by atoms with Crippen LogP contribution < -0.4 is 58.5 Å². The summed E-state index contributed by atoms with van der Waals surface area (Å²) in [6.07, 6.45) is 20.7. The van der Waals surface area contributed by atoms with Crippen molar-refractivity contribution in [2.75, 3.05) is 49.5 Å². The summed E-state index contributed by atoms with van der Waals surface area (Å²) in [6, 6.07) is 65.4. The van der Waals surface area contributed by atoms with Gasteiger partial charge in [-0.25, -0.2) is 22.0 Å². The number of fused-ring (bicyclic) bond motifs is 6. The second-order valence-electron chi connectivity index (χ2n) is 26.2. The maximum Gasteiger partial charge on any atom is 0.227 e. The molecule has 8 aliphatic heterocycles. The van der Waals surface area contributed by atoms with Crippen LogP contribution in [0, 0.1) is 64.9 Å². The standard InChI is InChI=1S/C80H74N9O3.Ir/c1-54-15-26-63(27-16-54)67-44-70-78-73(47-67)90-85-38-6-12-61(50-85)10-4-9-57-21-23-59-33-39-88-76(42-59)86-52-83(71-45-68(48-74(91-88)79(71)86)64-28-17-55(2)18-29-64)36-5-11-58-25-32-62(66(41-58)14-8-35-82(70)51-81-78)13-7-37-84-53-87-77-43-60(24-22-57)34-40-89(77)92-75-49-69(46-72(84)80(75)87)65-30-19-56(3)20-31-65;/h12,15-20,25-34,38-41,44-53,57,81H,4-5,7-11,13-14,21-24,35-37H2,1-3H3;/q-3;. The molecule has 1 N–H and O–H groups in total. The monoisotopic (exact) mass is 1400 g/mol. The first-order chi connectivity index (χ1) is 45.2. The van der Waals surface area contributed by atoms with Gasteiger partial charge in [0, 0.05) is 25.8 Å². The van der Waals surface area contributed by atoms with Crippen molar-refractivity contribution in [2.24, 2.45) is 5.92 Å². The van der Waals surface area contributed by atoms with Crippen LogP contribution in [0.2, 0.25) is 0 Å². The Morgan fingerprint density at radius 2 is 0.989 bits per heavy atom. The van der Waals surface area contributed by atoms with E-state index in [0.29, 0.717) is 5.92 Å². The largest absolute Gasteiger partial charge is 0.511 e. The topological polar surface area (TPSA) is 67.6 Å². The van der Waals surface area contributed by atoms with E-state index in [1.807, 2.05) is 20.4 Å². The van der Waals surface area contributed by atoms with E-state index in [1.54, 1.807) is 0 Å². The van der Waals surface area contributed by atoms with Crippen LogP contribution in [-0.4, -0.2) is 19.6 Å². The van der Waals surface area contributed by atoms with Crippen LogP contribution in [0.5, 0.6) is 17.2 Å². The van der Waals surface area contributed by atoms with E-state index in [2.05, 4.69) is 253 Å². The number of nitrogens with one attached hydrogen (secondary N) is 1. The van der Waals surface area contributed by atoms with Crippen LogP contribution in [0.4, 0.5) is 45.8 Å². The van der Waals surface area contributed by atoms with Gasteiger partial charge in [0.05, 0.1) is 29.5 Å². The smallest absolute Gasteiger partial charge is 0.227 e. The minimum Gasteiger partial charge on any atom is -0.511 e. The molecule has 7 aromatic carbocycles. The molecule has 1 radical (unpaired) electrons. The molecular formula is C80H74IrN9O3-3. The normalized spacial score (nSPS) is 17.1. The molecule has 18 bridgehead atoms. The maximum absolute atomic E-state index is 6.91. The molecule has 13 heteroatoms. The number of nitrogens with zero attached hydrogens (tertiary/aromatic N) is 8. The van der Waals surface area contributed by atoms with Gasteiger partial charge in [-0.05, 0) is 189 Å². The number of pyridine rings is 3. The van der Waals surface area contributed by atoms with E-state index in [9.17, 15) is 0 Å². The number of hydrogen-bond acceptors (Lipinski definition) is 9. The van der Waals surface area contributed by atoms with Crippen molar-refractivity contribution in [3.63, 3.8) is 0 Å². The Balaban J connectivity index is 0.00000686. The summed E-state index contributed by atoms with van der Waals surface area (Å²) in [5.41, 5.74) is 24.9. The van der Waals surface area contributed by atoms with Gasteiger partial charge in [0.2, 0.25) is 28.9 Å². The average molecular weight is 1400 g/mol. The zero-order valence-corrected chi connectivity index (χ0v) is 55.3. The van der Waals surface area contributed by atoms with Crippen LogP contribution in [0.15, 0.2) is 170 Å². The predicted molar refractivity (Wildman–Crippen MR) is 362 cm³/mol. The number of hydrogen-bond donors (Lipinski definition) is 1. The third kappa shape index (κ3) is 11.5. The van der Waals surface area contributed by atoms with E-state index >= 15 is 0 Å². The van der Waals surface area contributed by atoms with Crippen LogP contribution in [0.1, 0.15) is 95.0 Å². The number of aryl methyl sites for hydroxylation is 9. The molecule has 12 nitrogen and oxygen atoms in total. The van der Waals surface area contributed by atoms with Crippen LogP contribution in [0.3, 0.4) is 0 Å². The van der Waals surface area contributed by atoms with Gasteiger partial charge >= 0.3 is 0 Å². The van der Waals surface area contributed by atoms with Crippen molar-refractivity contribution in [3.8, 4) is 50.6 Å². The molecule has 1 unspecified atom stereocenters. The second kappa shape index (κ2) is 24.7. The molecule has 3 aromatic heterocycles. The van der Waals surface area contributed by atoms with Crippen LogP contribution in [0.25, 0.3) is 33.4 Å². The molecular weight excluding hydrogens is 1330 g/mol. The van der Waals surface area contributed by atoms with E-state index < -0.39 is 0 Å². The number of aromatic nitrogens is 3. The molecule has 1 atom stereocenters. The van der Waals surface area contributed by atoms with Gasteiger partial charge in [-0.15, -0.1) is 17.7 Å². The summed E-state index contributed by atoms with van der Waals surface area (Å²) in [5, 5.41) is 3.67. The molecule has 0 saturated heterocycles. The first kappa shape index (κ1) is 58.9. The molecule has 469 valence electrons. The molecule has 0 saturated carbocycles. The van der Waals surface area contributed by atoms with Gasteiger partial charge < -0.3 is 29.8 Å². The van der Waals surface area contributed by atoms with Crippen LogP contribution in [-0.2, 0) is 58.6 Å². The molecule has 0 aliphatic carbocycles. The van der Waals surface area contributed by atoms with Gasteiger partial charge in [0.15, 0.2) is 11.4 Å². The fourth-order valence-electron chi connectivity index (χ4n) is 14.7. The third-order valence-corrected chi connectivity index (χ3v) is 19.8. The van der Waals surface area contributed by atoms with Crippen molar-refractivity contribution < 1.29 is 48.8 Å². The Morgan fingerprint density at radius 3 is 1.57 bits per heavy atom. The zero-order chi connectivity index (χ0) is 61.4. The van der Waals surface area contributed by atoms with Crippen LogP contribution >= 0.6 is 0 Å². The average Bonchev–Trinajstić information content (AvgIpc) is 1.63. The Morgan fingerprint density at radius 1 is 0.473 bits per heavy atom. The van der Waals surface area contributed by atoms with Crippen molar-refractivity contribution in [3.05, 3.63) is 259 Å². The van der Waals surface area contributed by atoms with Crippen molar-refractivity contribution >= 4 is 45.8 Å². The molecule has 0 amide bonds. The summed E-state index contributed by atoms with van der Waals surface area (Å²) in [6.45, 7) is 15.7. The minimum atomic E-state index is 0. The molecule has 8 aliphatic rings. The molecule has 0 fully saturated rings. The summed E-state index contributed by atoms with van der Waals surface area (Å²) in [5.74, 6) is 4.65. The quantitative estimate of drug-likeness (QED) is 0.138. The third-order valence-electron chi connectivity index (χ3n) is 19.8. The Kier molecular flexibility index (Phi) is 15.6. The van der Waals surface area contributed by atoms with Crippen molar-refractivity contribution in [2.45, 2.75) is 104 Å². The van der Waals surface area contributed by atoms with Crippen molar-refractivity contribution in [1.29, 1.82) is 0 Å². The van der Waals surface area contributed by atoms with E-state index in [4.69, 9.17) is 14.5 Å². The van der Waals surface area contributed by atoms with E-state index in [-0.39, 0.29) is 20.1 Å². The maximum atomic E-state index is 6.91. The fourth-order valence-corrected chi connectivity index (χ4v) is 14.7. The number of benzene rings is 7. The summed E-state index contributed by atoms with van der Waals surface area (Å²) >= 11 is 0. The van der Waals surface area contributed by atoms with Gasteiger partial charge in [0.25, 0.3) is 0 Å². The Labute approximate surface area is 560 Å².